The normalized spacial score (nSPS) is 25.0. The first-order valence-electron chi connectivity index (χ1n) is 7.32. The van der Waals surface area contributed by atoms with Gasteiger partial charge in [-0.2, -0.15) is 0 Å². The first kappa shape index (κ1) is 16.9. The zero-order chi connectivity index (χ0) is 15.3. The second kappa shape index (κ2) is 7.04. The molecule has 116 valence electrons. The minimum Gasteiger partial charge on any atom is -0.480 e. The minimum atomic E-state index is -1.41. The van der Waals surface area contributed by atoms with Crippen molar-refractivity contribution >= 4 is 11.9 Å². The van der Waals surface area contributed by atoms with Gasteiger partial charge >= 0.3 is 5.97 Å². The highest BCUT2D eigenvalue weighted by molar-refractivity contribution is 5.83. The summed E-state index contributed by atoms with van der Waals surface area (Å²) in [5.41, 5.74) is 0.301. The molecule has 0 heterocycles. The minimum absolute atomic E-state index is 0.294. The van der Waals surface area contributed by atoms with E-state index < -0.39 is 18.7 Å². The highest BCUT2D eigenvalue weighted by Gasteiger charge is 2.31. The number of hydrogen-bond acceptors (Lipinski definition) is 2. The van der Waals surface area contributed by atoms with Gasteiger partial charge in [-0.05, 0) is 42.9 Å². The van der Waals surface area contributed by atoms with E-state index in [4.69, 9.17) is 5.11 Å². The summed E-state index contributed by atoms with van der Waals surface area (Å²) in [6, 6.07) is -1.41. The highest BCUT2D eigenvalue weighted by Crippen LogP contribution is 2.40. The lowest BCUT2D eigenvalue weighted by atomic mass is 9.69. The summed E-state index contributed by atoms with van der Waals surface area (Å²) in [6.45, 7) is 5.65. The zero-order valence-electron chi connectivity index (χ0n) is 12.6. The average molecular weight is 287 g/mol. The maximum Gasteiger partial charge on any atom is 0.328 e. The van der Waals surface area contributed by atoms with Crippen LogP contribution in [0.5, 0.6) is 0 Å². The third kappa shape index (κ3) is 5.10. The number of carboxylic acid groups (broad SMARTS) is 1. The van der Waals surface area contributed by atoms with E-state index in [1.165, 1.54) is 0 Å². The highest BCUT2D eigenvalue weighted by atomic mass is 19.1. The summed E-state index contributed by atoms with van der Waals surface area (Å²) < 4.78 is 12.4. The largest absolute Gasteiger partial charge is 0.480 e. The maximum atomic E-state index is 12.4. The van der Waals surface area contributed by atoms with Crippen LogP contribution in [0.2, 0.25) is 0 Å². The average Bonchev–Trinajstić information content (AvgIpc) is 2.35. The van der Waals surface area contributed by atoms with Gasteiger partial charge < -0.3 is 10.4 Å². The fourth-order valence-corrected chi connectivity index (χ4v) is 2.91. The molecule has 1 aliphatic rings. The van der Waals surface area contributed by atoms with Crippen LogP contribution in [-0.2, 0) is 9.59 Å². The molecule has 0 saturated heterocycles. The van der Waals surface area contributed by atoms with E-state index in [9.17, 15) is 14.0 Å². The standard InChI is InChI=1S/C15H26FNO3/c1-15(2,3)11-6-4-10(5-7-11)8-13(18)17-12(9-16)14(19)20/h10-12H,4-9H2,1-3H3,(H,17,18)(H,19,20). The number of alkyl halides is 1. The number of carboxylic acids is 1. The third-order valence-corrected chi connectivity index (χ3v) is 4.33. The van der Waals surface area contributed by atoms with Crippen LogP contribution in [0.1, 0.15) is 52.9 Å². The summed E-state index contributed by atoms with van der Waals surface area (Å²) >= 11 is 0. The molecule has 4 nitrogen and oxygen atoms in total. The van der Waals surface area contributed by atoms with Crippen molar-refractivity contribution in [2.45, 2.75) is 58.9 Å². The van der Waals surface area contributed by atoms with Gasteiger partial charge in [-0.15, -0.1) is 0 Å². The van der Waals surface area contributed by atoms with Gasteiger partial charge in [0.15, 0.2) is 6.04 Å². The Bertz CT molecular complexity index is 344. The van der Waals surface area contributed by atoms with Gasteiger partial charge in [-0.3, -0.25) is 4.79 Å². The first-order chi connectivity index (χ1) is 9.24. The Kier molecular flexibility index (Phi) is 5.96. The van der Waals surface area contributed by atoms with Crippen LogP contribution in [0.3, 0.4) is 0 Å². The Morgan fingerprint density at radius 1 is 1.25 bits per heavy atom. The van der Waals surface area contributed by atoms with Crippen LogP contribution in [0, 0.1) is 17.3 Å². The van der Waals surface area contributed by atoms with E-state index in [1.807, 2.05) is 0 Å². The quantitative estimate of drug-likeness (QED) is 0.817. The third-order valence-electron chi connectivity index (χ3n) is 4.33. The molecule has 1 atom stereocenters. The van der Waals surface area contributed by atoms with Crippen molar-refractivity contribution in [2.24, 2.45) is 17.3 Å². The van der Waals surface area contributed by atoms with Gasteiger partial charge in [0.05, 0.1) is 0 Å². The van der Waals surface area contributed by atoms with Gasteiger partial charge in [0.1, 0.15) is 6.67 Å². The summed E-state index contributed by atoms with van der Waals surface area (Å²) in [5, 5.41) is 10.9. The molecule has 0 aromatic heterocycles. The summed E-state index contributed by atoms with van der Waals surface area (Å²) in [7, 11) is 0. The van der Waals surface area contributed by atoms with Gasteiger partial charge in [-0.25, -0.2) is 9.18 Å². The number of amides is 1. The van der Waals surface area contributed by atoms with E-state index in [1.54, 1.807) is 0 Å². The van der Waals surface area contributed by atoms with Crippen LogP contribution in [0.15, 0.2) is 0 Å². The molecule has 0 spiro atoms. The molecule has 20 heavy (non-hydrogen) atoms. The molecule has 1 fully saturated rings. The van der Waals surface area contributed by atoms with Crippen molar-refractivity contribution in [2.75, 3.05) is 6.67 Å². The molecule has 1 rings (SSSR count). The molecular formula is C15H26FNO3. The van der Waals surface area contributed by atoms with E-state index in [2.05, 4.69) is 26.1 Å². The number of carbonyl (C=O) groups excluding carboxylic acids is 1. The van der Waals surface area contributed by atoms with Crippen LogP contribution >= 0.6 is 0 Å². The van der Waals surface area contributed by atoms with Crippen molar-refractivity contribution in [1.29, 1.82) is 0 Å². The second-order valence-electron chi connectivity index (χ2n) is 6.90. The van der Waals surface area contributed by atoms with Crippen LogP contribution in [0.25, 0.3) is 0 Å². The Labute approximate surface area is 120 Å². The predicted octanol–water partition coefficient (Wildman–Crippen LogP) is 2.77. The number of aliphatic carboxylic acids is 1. The zero-order valence-corrected chi connectivity index (χ0v) is 12.6. The molecule has 0 aromatic rings. The Morgan fingerprint density at radius 3 is 2.20 bits per heavy atom. The topological polar surface area (TPSA) is 66.4 Å². The molecule has 0 radical (unpaired) electrons. The molecular weight excluding hydrogens is 261 g/mol. The number of nitrogens with one attached hydrogen (secondary N) is 1. The van der Waals surface area contributed by atoms with E-state index in [-0.39, 0.29) is 5.91 Å². The fourth-order valence-electron chi connectivity index (χ4n) is 2.91. The van der Waals surface area contributed by atoms with E-state index in [0.29, 0.717) is 23.7 Å². The van der Waals surface area contributed by atoms with Crippen molar-refractivity contribution in [1.82, 2.24) is 5.32 Å². The molecule has 1 saturated carbocycles. The molecule has 1 aliphatic carbocycles. The summed E-state index contributed by atoms with van der Waals surface area (Å²) in [6.07, 6.45) is 4.49. The Morgan fingerprint density at radius 2 is 1.80 bits per heavy atom. The van der Waals surface area contributed by atoms with Crippen LogP contribution < -0.4 is 5.32 Å². The predicted molar refractivity (Wildman–Crippen MR) is 75.1 cm³/mol. The second-order valence-corrected chi connectivity index (χ2v) is 6.90. The van der Waals surface area contributed by atoms with Crippen molar-refractivity contribution in [3.8, 4) is 0 Å². The number of rotatable bonds is 5. The Hall–Kier alpha value is -1.13. The van der Waals surface area contributed by atoms with Gasteiger partial charge in [-0.1, -0.05) is 20.8 Å². The lowest BCUT2D eigenvalue weighted by Gasteiger charge is -2.36. The van der Waals surface area contributed by atoms with E-state index >= 15 is 0 Å². The van der Waals surface area contributed by atoms with Gasteiger partial charge in [0, 0.05) is 6.42 Å². The SMILES string of the molecule is CC(C)(C)C1CCC(CC(=O)NC(CF)C(=O)O)CC1. The fraction of sp³-hybridized carbons (Fsp3) is 0.867. The van der Waals surface area contributed by atoms with Crippen molar-refractivity contribution in [3.05, 3.63) is 0 Å². The smallest absolute Gasteiger partial charge is 0.328 e. The molecule has 1 unspecified atom stereocenters. The summed E-state index contributed by atoms with van der Waals surface area (Å²) in [5.74, 6) is -0.700. The van der Waals surface area contributed by atoms with Crippen LogP contribution in [-0.4, -0.2) is 29.7 Å². The first-order valence-corrected chi connectivity index (χ1v) is 7.32. The van der Waals surface area contributed by atoms with E-state index in [0.717, 1.165) is 25.7 Å². The number of hydrogen-bond donors (Lipinski definition) is 2. The molecule has 2 N–H and O–H groups in total. The Balaban J connectivity index is 2.36. The van der Waals surface area contributed by atoms with Gasteiger partial charge in [0.2, 0.25) is 5.91 Å². The van der Waals surface area contributed by atoms with Crippen molar-refractivity contribution in [3.63, 3.8) is 0 Å². The lowest BCUT2D eigenvalue weighted by Crippen LogP contribution is -2.43. The molecule has 0 bridgehead atoms. The summed E-state index contributed by atoms with van der Waals surface area (Å²) in [4.78, 5) is 22.4. The molecule has 5 heteroatoms. The molecule has 1 amide bonds. The van der Waals surface area contributed by atoms with Crippen molar-refractivity contribution < 1.29 is 19.1 Å². The van der Waals surface area contributed by atoms with Gasteiger partial charge in [0.25, 0.3) is 0 Å². The lowest BCUT2D eigenvalue weighted by molar-refractivity contribution is -0.142. The number of carbonyl (C=O) groups is 2. The molecule has 0 aliphatic heterocycles. The monoisotopic (exact) mass is 287 g/mol. The van der Waals surface area contributed by atoms with Crippen LogP contribution in [0.4, 0.5) is 4.39 Å². The molecule has 0 aromatic carbocycles. The maximum absolute atomic E-state index is 12.4. The number of halogens is 1.